The number of hydrogen-bond donors (Lipinski definition) is 1. The van der Waals surface area contributed by atoms with Gasteiger partial charge in [-0.3, -0.25) is 9.35 Å². The normalized spacial score (nSPS) is 35.1. The van der Waals surface area contributed by atoms with Crippen molar-refractivity contribution in [2.24, 2.45) is 29.6 Å². The summed E-state index contributed by atoms with van der Waals surface area (Å²) in [4.78, 5) is 15.8. The number of rotatable bonds is 15. The van der Waals surface area contributed by atoms with Crippen LogP contribution in [0.3, 0.4) is 0 Å². The molecule has 372 valence electrons. The lowest BCUT2D eigenvalue weighted by Gasteiger charge is -2.62. The number of anilines is 1. The summed E-state index contributed by atoms with van der Waals surface area (Å²) in [6, 6.07) is 17.1. The smallest absolute Gasteiger partial charge is 0.308 e. The maximum absolute atomic E-state index is 13.5. The second-order valence-electron chi connectivity index (χ2n) is 22.9. The number of carbonyl (C=O) groups excluding carboxylic acids is 1. The average Bonchev–Trinajstić information content (AvgIpc) is 3.78. The first kappa shape index (κ1) is 49.0. The van der Waals surface area contributed by atoms with Crippen LogP contribution < -0.4 is 4.90 Å². The number of benzene rings is 2. The zero-order valence-electron chi connectivity index (χ0n) is 41.8. The molecule has 5 heterocycles. The van der Waals surface area contributed by atoms with E-state index >= 15 is 0 Å². The van der Waals surface area contributed by atoms with E-state index in [0.717, 1.165) is 98.3 Å². The Hall–Kier alpha value is -3.58. The van der Waals surface area contributed by atoms with E-state index < -0.39 is 28.3 Å². The van der Waals surface area contributed by atoms with Crippen LogP contribution >= 0.6 is 11.6 Å². The standard InChI is InChI=1S/C57H73ClN2O8S/c1-36-25-28-41-37(2)52(66-53-57(41)40(36)29-30-44-51(67-57)56(44,7)68-53)65-49(61)24-9-8-14-33-59-45-22-12-10-20-42(45)54(3,4)47(59)31-26-38-18-17-19-39(50(38)58)27-32-48-55(5,6)43-21-11-13-23-46(43)60(48)34-15-16-35-69(62,63)64/h10-13,20-23,26-27,31-32,36-37,40-41,44,51-53H,8-9,14-19,24-25,28-30,33-35H2,1-7H3/p+1/t36-,37-,40+,41+,44+,51+,52?,53-,56?,57-/m1/s1. The molecule has 3 saturated heterocycles. The summed E-state index contributed by atoms with van der Waals surface area (Å²) in [5.74, 6) is 1.20. The molecule has 3 aliphatic carbocycles. The van der Waals surface area contributed by atoms with Crippen molar-refractivity contribution in [1.29, 1.82) is 0 Å². The van der Waals surface area contributed by atoms with Crippen molar-refractivity contribution in [3.05, 3.63) is 106 Å². The highest BCUT2D eigenvalue weighted by Crippen LogP contribution is 2.68. The third kappa shape index (κ3) is 8.64. The molecular weight excluding hydrogens is 908 g/mol. The molecule has 0 aromatic heterocycles. The molecule has 1 N–H and O–H groups in total. The SMILES string of the molecule is C[C@@H]1CC[C@H]2[C@@H](C)C(OC(=O)CCCCC[N+]3=C(C=CC4=C(Cl)C(=CC=C5N(CCCCS(=O)(=O)O)c6ccccc6C5(C)C)CCC4)C(C)(C)c4ccccc43)O[C@@H]3OC4(C)[C@H]5CC[C@@H]1[C@]32O[C@@H]54. The quantitative estimate of drug-likeness (QED) is 0.0806. The van der Waals surface area contributed by atoms with Crippen LogP contribution in [-0.2, 0) is 44.7 Å². The lowest BCUT2D eigenvalue weighted by atomic mass is 9.57. The van der Waals surface area contributed by atoms with Gasteiger partial charge in [0.2, 0.25) is 12.0 Å². The average molecular weight is 983 g/mol. The minimum absolute atomic E-state index is 0.0310. The van der Waals surface area contributed by atoms with Gasteiger partial charge in [-0.2, -0.15) is 13.0 Å². The highest BCUT2D eigenvalue weighted by atomic mass is 35.5. The number of unbranched alkanes of at least 4 members (excludes halogenated alkanes) is 3. The fraction of sp³-hybridized carbons (Fsp3) is 0.614. The van der Waals surface area contributed by atoms with Gasteiger partial charge in [-0.15, -0.1) is 0 Å². The Balaban J connectivity index is 0.802. The second-order valence-corrected chi connectivity index (χ2v) is 24.8. The first-order chi connectivity index (χ1) is 32.9. The fourth-order valence-corrected chi connectivity index (χ4v) is 15.0. The monoisotopic (exact) mass is 981 g/mol. The van der Waals surface area contributed by atoms with Gasteiger partial charge in [-0.05, 0) is 132 Å². The molecule has 8 aliphatic rings. The number of fused-ring (bicyclic) bond motifs is 3. The fourth-order valence-electron chi connectivity index (χ4n) is 14.1. The topological polar surface area (TPSA) is 115 Å². The molecule has 0 amide bonds. The Morgan fingerprint density at radius 1 is 0.855 bits per heavy atom. The molecule has 12 heteroatoms. The molecule has 2 aromatic carbocycles. The van der Waals surface area contributed by atoms with Gasteiger partial charge in [-0.1, -0.05) is 87.8 Å². The minimum Gasteiger partial charge on any atom is -0.435 e. The zero-order valence-corrected chi connectivity index (χ0v) is 43.4. The van der Waals surface area contributed by atoms with Gasteiger partial charge in [0, 0.05) is 76.7 Å². The van der Waals surface area contributed by atoms with Crippen LogP contribution in [-0.4, -0.2) is 78.0 Å². The third-order valence-corrected chi connectivity index (χ3v) is 19.3. The zero-order chi connectivity index (χ0) is 48.7. The highest BCUT2D eigenvalue weighted by Gasteiger charge is 2.78. The predicted octanol–water partition coefficient (Wildman–Crippen LogP) is 12.0. The molecule has 2 aromatic rings. The molecule has 5 fully saturated rings. The van der Waals surface area contributed by atoms with Crippen LogP contribution in [0.1, 0.15) is 143 Å². The molecule has 10 atom stereocenters. The lowest BCUT2D eigenvalue weighted by Crippen LogP contribution is -2.71. The molecule has 0 radical (unpaired) electrons. The molecule has 10 nitrogen and oxygen atoms in total. The largest absolute Gasteiger partial charge is 0.435 e. The number of allylic oxidation sites excluding steroid dienone is 8. The van der Waals surface area contributed by atoms with Crippen molar-refractivity contribution >= 4 is 44.8 Å². The lowest BCUT2D eigenvalue weighted by molar-refractivity contribution is -0.438. The first-order valence-corrected chi connectivity index (χ1v) is 28.1. The molecular formula is C57H74ClN2O8S+. The Morgan fingerprint density at radius 3 is 2.39 bits per heavy atom. The number of para-hydroxylation sites is 2. The van der Waals surface area contributed by atoms with Gasteiger partial charge in [0.15, 0.2) is 12.0 Å². The Kier molecular flexibility index (Phi) is 13.1. The maximum Gasteiger partial charge on any atom is 0.308 e. The van der Waals surface area contributed by atoms with E-state index in [4.69, 9.17) is 30.5 Å². The van der Waals surface area contributed by atoms with E-state index in [1.807, 2.05) is 6.07 Å². The molecule has 1 spiro atoms. The number of carbonyl (C=O) groups is 1. The van der Waals surface area contributed by atoms with Gasteiger partial charge in [-0.25, -0.2) is 0 Å². The molecule has 2 saturated carbocycles. The Labute approximate surface area is 416 Å². The van der Waals surface area contributed by atoms with Gasteiger partial charge in [0.1, 0.15) is 17.7 Å². The summed E-state index contributed by atoms with van der Waals surface area (Å²) in [6.45, 7) is 17.3. The summed E-state index contributed by atoms with van der Waals surface area (Å²) in [6.07, 6.45) is 19.1. The number of nitrogens with zero attached hydrogens (tertiary/aromatic N) is 2. The maximum atomic E-state index is 13.5. The third-order valence-electron chi connectivity index (χ3n) is 18.0. The van der Waals surface area contributed by atoms with Crippen molar-refractivity contribution in [2.45, 2.75) is 173 Å². The van der Waals surface area contributed by atoms with Crippen molar-refractivity contribution in [1.82, 2.24) is 0 Å². The number of esters is 1. The summed E-state index contributed by atoms with van der Waals surface area (Å²) in [5, 5.41) is 0.799. The van der Waals surface area contributed by atoms with E-state index in [0.29, 0.717) is 43.6 Å². The predicted molar refractivity (Wildman–Crippen MR) is 271 cm³/mol. The highest BCUT2D eigenvalue weighted by molar-refractivity contribution is 7.85. The number of ether oxygens (including phenoxy) is 4. The van der Waals surface area contributed by atoms with E-state index in [9.17, 15) is 17.8 Å². The van der Waals surface area contributed by atoms with E-state index in [2.05, 4.69) is 125 Å². The van der Waals surface area contributed by atoms with Crippen LogP contribution in [0.15, 0.2) is 94.7 Å². The summed E-state index contributed by atoms with van der Waals surface area (Å²) in [7, 11) is -4.00. The van der Waals surface area contributed by atoms with Gasteiger partial charge in [0.05, 0.1) is 17.3 Å². The molecule has 10 rings (SSSR count). The number of hydrogen-bond acceptors (Lipinski definition) is 8. The summed E-state index contributed by atoms with van der Waals surface area (Å²) >= 11 is 7.32. The van der Waals surface area contributed by atoms with Crippen LogP contribution in [0.25, 0.3) is 0 Å². The van der Waals surface area contributed by atoms with Gasteiger partial charge < -0.3 is 23.8 Å². The first-order valence-electron chi connectivity index (χ1n) is 26.1. The Morgan fingerprint density at radius 2 is 1.59 bits per heavy atom. The number of halogens is 1. The van der Waals surface area contributed by atoms with Crippen molar-refractivity contribution in [2.75, 3.05) is 23.7 Å². The molecule has 2 bridgehead atoms. The van der Waals surface area contributed by atoms with Crippen molar-refractivity contribution < 1.29 is 41.3 Å². The Bertz CT molecular complexity index is 2630. The summed E-state index contributed by atoms with van der Waals surface area (Å²) in [5.41, 5.74) is 8.27. The second kappa shape index (κ2) is 18.5. The van der Waals surface area contributed by atoms with Gasteiger partial charge in [0.25, 0.3) is 10.1 Å². The van der Waals surface area contributed by atoms with Gasteiger partial charge >= 0.3 is 5.97 Å². The van der Waals surface area contributed by atoms with E-state index in [1.165, 1.54) is 22.5 Å². The molecule has 5 aliphatic heterocycles. The van der Waals surface area contributed by atoms with Crippen LogP contribution in [0.5, 0.6) is 0 Å². The van der Waals surface area contributed by atoms with E-state index in [-0.39, 0.29) is 46.1 Å². The summed E-state index contributed by atoms with van der Waals surface area (Å²) < 4.78 is 61.5. The minimum atomic E-state index is -4.00. The van der Waals surface area contributed by atoms with Crippen LogP contribution in [0.2, 0.25) is 0 Å². The van der Waals surface area contributed by atoms with Crippen LogP contribution in [0.4, 0.5) is 11.4 Å². The molecule has 2 unspecified atom stereocenters. The van der Waals surface area contributed by atoms with Crippen LogP contribution in [0, 0.1) is 29.6 Å². The molecule has 69 heavy (non-hydrogen) atoms. The van der Waals surface area contributed by atoms with E-state index in [1.54, 1.807) is 0 Å². The van der Waals surface area contributed by atoms with Crippen molar-refractivity contribution in [3.8, 4) is 0 Å². The van der Waals surface area contributed by atoms with Crippen molar-refractivity contribution in [3.63, 3.8) is 0 Å².